The summed E-state index contributed by atoms with van der Waals surface area (Å²) in [6.45, 7) is 0. The zero-order valence-electron chi connectivity index (χ0n) is 5.21. The van der Waals surface area contributed by atoms with Gasteiger partial charge in [-0.25, -0.2) is 0 Å². The Hall–Kier alpha value is 2.67. The van der Waals surface area contributed by atoms with E-state index in [1.807, 2.05) is 0 Å². The average Bonchev–Trinajstić information content (AvgIpc) is 0. The molecule has 0 aromatic carbocycles. The maximum atomic E-state index is 0. The minimum atomic E-state index is 0. The first-order valence-corrected chi connectivity index (χ1v) is 0. The van der Waals surface area contributed by atoms with Gasteiger partial charge in [0.15, 0.2) is 0 Å². The van der Waals surface area contributed by atoms with E-state index in [9.17, 15) is 0 Å². The van der Waals surface area contributed by atoms with E-state index < -0.39 is 0 Å². The molecule has 20 valence electrons. The molecule has 0 aliphatic rings. The van der Waals surface area contributed by atoms with Crippen molar-refractivity contribution >= 4 is 65.3 Å². The van der Waals surface area contributed by atoms with Gasteiger partial charge in [-0.05, 0) is 0 Å². The van der Waals surface area contributed by atoms with Gasteiger partial charge in [-0.2, -0.15) is 0 Å². The van der Waals surface area contributed by atoms with E-state index >= 15 is 0 Å². The fourth-order valence-corrected chi connectivity index (χ4v) is 0. The molecule has 0 unspecified atom stereocenters. The van der Waals surface area contributed by atoms with Crippen LogP contribution in [0, 0.1) is 0 Å². The molecule has 0 aliphatic heterocycles. The molecule has 0 aliphatic carbocycles. The Labute approximate surface area is 92.2 Å². The van der Waals surface area contributed by atoms with Gasteiger partial charge in [-0.15, -0.1) is 0 Å². The minimum Gasteiger partial charge on any atom is -1.00 e. The monoisotopic (exact) mass is 188 g/mol. The standard InChI is InChI=1S/Ga.Li.H2O.Sr.6H/h;;1H2;;;;;;;/q;+1;;+2;;;;3*-1. The smallest absolute Gasteiger partial charge is 1.00 e. The summed E-state index contributed by atoms with van der Waals surface area (Å²) in [6, 6.07) is 0. The van der Waals surface area contributed by atoms with Crippen molar-refractivity contribution in [2.45, 2.75) is 0 Å². The van der Waals surface area contributed by atoms with E-state index in [4.69, 9.17) is 0 Å². The van der Waals surface area contributed by atoms with Crippen LogP contribution in [0.15, 0.2) is 0 Å². The fraction of sp³-hybridized carbons (Fsp3) is 0. The second-order valence-corrected chi connectivity index (χ2v) is 0. The van der Waals surface area contributed by atoms with Crippen molar-refractivity contribution in [3.63, 3.8) is 0 Å². The summed E-state index contributed by atoms with van der Waals surface area (Å²) >= 11 is 0. The van der Waals surface area contributed by atoms with E-state index in [1.165, 1.54) is 0 Å². The van der Waals surface area contributed by atoms with Gasteiger partial charge in [-0.1, -0.05) is 0 Å². The van der Waals surface area contributed by atoms with Crippen molar-refractivity contribution in [3.05, 3.63) is 0 Å². The van der Waals surface area contributed by atoms with Gasteiger partial charge >= 0.3 is 84.1 Å². The molecule has 0 spiro atoms. The molecule has 0 aromatic heterocycles. The third-order valence-electron chi connectivity index (χ3n) is 0. The maximum Gasteiger partial charge on any atom is 2.00 e. The summed E-state index contributed by atoms with van der Waals surface area (Å²) in [6.07, 6.45) is 0. The summed E-state index contributed by atoms with van der Waals surface area (Å²) in [5.74, 6) is 0. The first kappa shape index (κ1) is 30.0. The van der Waals surface area contributed by atoms with E-state index in [2.05, 4.69) is 0 Å². The molecule has 0 saturated heterocycles. The Balaban J connectivity index is 0. The molecule has 4 heavy (non-hydrogen) atoms. The number of hydrogen-bond donors (Lipinski definition) is 0. The van der Waals surface area contributed by atoms with Crippen LogP contribution in [0.1, 0.15) is 4.28 Å². The molecule has 0 radical (unpaired) electrons. The molecule has 0 aromatic rings. The molecule has 0 saturated carbocycles. The molecule has 1 nitrogen and oxygen atoms in total. The third kappa shape index (κ3) is 8.82. The summed E-state index contributed by atoms with van der Waals surface area (Å²) in [5.41, 5.74) is 0. The average molecular weight is 188 g/mol. The molecule has 0 bridgehead atoms. The molecule has 0 fully saturated rings. The summed E-state index contributed by atoms with van der Waals surface area (Å²) < 4.78 is 0. The Kier molecular flexibility index (Phi) is 130. The van der Waals surface area contributed by atoms with Gasteiger partial charge in [-0.3, -0.25) is 0 Å². The zero-order valence-corrected chi connectivity index (χ0v) is 5.68. The molecule has 0 heterocycles. The van der Waals surface area contributed by atoms with Gasteiger partial charge in [0.25, 0.3) is 0 Å². The Morgan fingerprint density at radius 3 is 1.25 bits per heavy atom. The number of hydrogen-bond acceptors (Lipinski definition) is 0. The van der Waals surface area contributed by atoms with Crippen molar-refractivity contribution in [2.75, 3.05) is 0 Å². The van der Waals surface area contributed by atoms with Crippen LogP contribution in [0.4, 0.5) is 0 Å². The molecule has 4 heteroatoms. The van der Waals surface area contributed by atoms with Crippen molar-refractivity contribution in [1.29, 1.82) is 0 Å². The van der Waals surface area contributed by atoms with Crippen LogP contribution in [-0.4, -0.2) is 70.7 Å². The summed E-state index contributed by atoms with van der Waals surface area (Å²) in [5, 5.41) is 0. The van der Waals surface area contributed by atoms with Crippen LogP contribution in [0.25, 0.3) is 0 Å². The van der Waals surface area contributed by atoms with Gasteiger partial charge in [0, 0.05) is 0 Å². The predicted molar refractivity (Wildman–Crippen MR) is 22.6 cm³/mol. The molecule has 2 N–H and O–H groups in total. The van der Waals surface area contributed by atoms with Crippen molar-refractivity contribution in [2.24, 2.45) is 0 Å². The first-order valence-electron chi connectivity index (χ1n) is 0. The molecule has 0 rings (SSSR count). The molecular formula is H8GaLiOSr. The Bertz CT molecular complexity index is 14.9. The second-order valence-electron chi connectivity index (χ2n) is 0. The minimum absolute atomic E-state index is 0. The molecule has 0 atom stereocenters. The zero-order chi connectivity index (χ0) is 0. The summed E-state index contributed by atoms with van der Waals surface area (Å²) in [7, 11) is 0. The van der Waals surface area contributed by atoms with E-state index in [-0.39, 0.29) is 93.9 Å². The van der Waals surface area contributed by atoms with Crippen LogP contribution in [0.5, 0.6) is 0 Å². The third-order valence-corrected chi connectivity index (χ3v) is 0. The van der Waals surface area contributed by atoms with Crippen LogP contribution in [0.3, 0.4) is 0 Å². The van der Waals surface area contributed by atoms with Gasteiger partial charge in [0.05, 0.1) is 0 Å². The van der Waals surface area contributed by atoms with E-state index in [0.29, 0.717) is 0 Å². The normalized spacial score (nSPS) is 0. The largest absolute Gasteiger partial charge is 2.00 e. The topological polar surface area (TPSA) is 31.5 Å². The quantitative estimate of drug-likeness (QED) is 0.341. The van der Waals surface area contributed by atoms with Crippen LogP contribution in [0.2, 0.25) is 0 Å². The molecular weight excluding hydrogens is 180 g/mol. The second kappa shape index (κ2) is 17.3. The van der Waals surface area contributed by atoms with E-state index in [0.717, 1.165) is 0 Å². The van der Waals surface area contributed by atoms with Gasteiger partial charge in [0.2, 0.25) is 0 Å². The van der Waals surface area contributed by atoms with Crippen LogP contribution >= 0.6 is 0 Å². The number of rotatable bonds is 0. The first-order chi connectivity index (χ1) is 0. The Morgan fingerprint density at radius 1 is 1.25 bits per heavy atom. The summed E-state index contributed by atoms with van der Waals surface area (Å²) in [4.78, 5) is 0. The maximum absolute atomic E-state index is 0. The van der Waals surface area contributed by atoms with Crippen molar-refractivity contribution in [3.8, 4) is 0 Å². The SMILES string of the molecule is O.[GaH3].[H-].[H-].[H-].[Li+].[Sr+2]. The van der Waals surface area contributed by atoms with Crippen molar-refractivity contribution < 1.29 is 28.6 Å². The molecule has 0 amide bonds. The predicted octanol–water partition coefficient (Wildman–Crippen LogP) is -5.05. The van der Waals surface area contributed by atoms with Gasteiger partial charge in [0.1, 0.15) is 0 Å². The van der Waals surface area contributed by atoms with E-state index in [1.54, 1.807) is 0 Å². The van der Waals surface area contributed by atoms with Crippen LogP contribution < -0.4 is 18.9 Å². The van der Waals surface area contributed by atoms with Crippen molar-refractivity contribution in [1.82, 2.24) is 0 Å². The van der Waals surface area contributed by atoms with Gasteiger partial charge < -0.3 is 9.76 Å². The van der Waals surface area contributed by atoms with Crippen LogP contribution in [-0.2, 0) is 0 Å². The fourth-order valence-electron chi connectivity index (χ4n) is 0. The Morgan fingerprint density at radius 2 is 1.25 bits per heavy atom.